The molecule has 0 aliphatic rings. The van der Waals surface area contributed by atoms with E-state index in [9.17, 15) is 18.0 Å². The van der Waals surface area contributed by atoms with Gasteiger partial charge < -0.3 is 5.73 Å². The number of nitrogens with two attached hydrogens (primary N) is 1. The van der Waals surface area contributed by atoms with Crippen molar-refractivity contribution in [1.82, 2.24) is 20.2 Å². The van der Waals surface area contributed by atoms with Crippen LogP contribution in [-0.2, 0) is 13.2 Å². The standard InChI is InChI=1S/C11H10F3N5OS/c1-19-10(16-17-18-19)7-5(9(15)20)3-4-6(8(7)21-2)11(12,13)14/h3-4H,1-2H3,(H2,15,20). The number of rotatable bonds is 3. The predicted octanol–water partition coefficient (Wildman–Crippen LogP) is 1.72. The van der Waals surface area contributed by atoms with Gasteiger partial charge >= 0.3 is 6.18 Å². The third-order valence-electron chi connectivity index (χ3n) is 2.78. The average molecular weight is 317 g/mol. The summed E-state index contributed by atoms with van der Waals surface area (Å²) in [6.45, 7) is 0. The van der Waals surface area contributed by atoms with Gasteiger partial charge in [-0.05, 0) is 28.8 Å². The number of carbonyl (C=O) groups is 1. The van der Waals surface area contributed by atoms with E-state index in [-0.39, 0.29) is 21.8 Å². The number of halogens is 3. The lowest BCUT2D eigenvalue weighted by atomic mass is 10.0. The molecule has 0 saturated heterocycles. The molecule has 1 heterocycles. The first kappa shape index (κ1) is 15.3. The number of primary amides is 1. The maximum atomic E-state index is 13.1. The van der Waals surface area contributed by atoms with Crippen LogP contribution in [0.25, 0.3) is 11.4 Å². The van der Waals surface area contributed by atoms with E-state index in [2.05, 4.69) is 15.5 Å². The Hall–Kier alpha value is -2.10. The molecule has 0 radical (unpaired) electrons. The van der Waals surface area contributed by atoms with Crippen LogP contribution < -0.4 is 5.73 Å². The number of aryl methyl sites for hydroxylation is 1. The van der Waals surface area contributed by atoms with Crippen LogP contribution in [0.2, 0.25) is 0 Å². The first-order valence-corrected chi connectivity index (χ1v) is 6.80. The summed E-state index contributed by atoms with van der Waals surface area (Å²) >= 11 is 0.851. The molecule has 0 fully saturated rings. The van der Waals surface area contributed by atoms with Crippen molar-refractivity contribution in [2.75, 3.05) is 6.26 Å². The second-order valence-electron chi connectivity index (χ2n) is 4.06. The van der Waals surface area contributed by atoms with E-state index in [1.165, 1.54) is 18.0 Å². The molecule has 2 N–H and O–H groups in total. The Labute approximate surface area is 121 Å². The number of benzene rings is 1. The fourth-order valence-electron chi connectivity index (χ4n) is 1.89. The summed E-state index contributed by atoms with van der Waals surface area (Å²) in [4.78, 5) is 11.4. The second kappa shape index (κ2) is 5.35. The number of hydrogen-bond donors (Lipinski definition) is 1. The molecule has 0 aliphatic carbocycles. The Morgan fingerprint density at radius 2 is 2.05 bits per heavy atom. The first-order valence-electron chi connectivity index (χ1n) is 5.58. The van der Waals surface area contributed by atoms with Gasteiger partial charge in [0.1, 0.15) is 0 Å². The summed E-state index contributed by atoms with van der Waals surface area (Å²) in [5, 5.41) is 10.6. The molecular weight excluding hydrogens is 307 g/mol. The van der Waals surface area contributed by atoms with Crippen LogP contribution in [0.5, 0.6) is 0 Å². The summed E-state index contributed by atoms with van der Waals surface area (Å²) in [6.07, 6.45) is -3.09. The molecule has 2 aromatic rings. The minimum Gasteiger partial charge on any atom is -0.366 e. The number of nitrogens with zero attached hydrogens (tertiary/aromatic N) is 4. The summed E-state index contributed by atoms with van der Waals surface area (Å²) in [6, 6.07) is 1.87. The Bertz CT molecular complexity index is 698. The van der Waals surface area contributed by atoms with Crippen LogP contribution >= 0.6 is 11.8 Å². The highest BCUT2D eigenvalue weighted by Gasteiger charge is 2.36. The largest absolute Gasteiger partial charge is 0.417 e. The zero-order valence-electron chi connectivity index (χ0n) is 11.0. The zero-order valence-corrected chi connectivity index (χ0v) is 11.8. The summed E-state index contributed by atoms with van der Waals surface area (Å²) in [5.74, 6) is -0.809. The monoisotopic (exact) mass is 317 g/mol. The fourth-order valence-corrected chi connectivity index (χ4v) is 2.70. The smallest absolute Gasteiger partial charge is 0.366 e. The quantitative estimate of drug-likeness (QED) is 0.871. The van der Waals surface area contributed by atoms with Crippen LogP contribution in [0.4, 0.5) is 13.2 Å². The van der Waals surface area contributed by atoms with E-state index in [1.807, 2.05) is 0 Å². The van der Waals surface area contributed by atoms with Gasteiger partial charge in [0, 0.05) is 17.5 Å². The number of amides is 1. The van der Waals surface area contributed by atoms with Gasteiger partial charge in [-0.1, -0.05) is 0 Å². The van der Waals surface area contributed by atoms with Crippen molar-refractivity contribution in [3.8, 4) is 11.4 Å². The zero-order chi connectivity index (χ0) is 15.8. The van der Waals surface area contributed by atoms with Crippen LogP contribution in [-0.4, -0.2) is 32.4 Å². The van der Waals surface area contributed by atoms with Gasteiger partial charge in [-0.2, -0.15) is 13.2 Å². The van der Waals surface area contributed by atoms with Gasteiger partial charge in [-0.15, -0.1) is 16.9 Å². The van der Waals surface area contributed by atoms with Crippen LogP contribution in [0.15, 0.2) is 17.0 Å². The molecule has 0 unspecified atom stereocenters. The molecule has 0 spiro atoms. The third-order valence-corrected chi connectivity index (χ3v) is 3.61. The molecule has 21 heavy (non-hydrogen) atoms. The Morgan fingerprint density at radius 1 is 1.38 bits per heavy atom. The highest BCUT2D eigenvalue weighted by molar-refractivity contribution is 7.98. The molecule has 112 valence electrons. The lowest BCUT2D eigenvalue weighted by Crippen LogP contribution is -2.16. The van der Waals surface area contributed by atoms with Crippen molar-refractivity contribution in [3.05, 3.63) is 23.3 Å². The number of thioether (sulfide) groups is 1. The summed E-state index contributed by atoms with van der Waals surface area (Å²) in [7, 11) is 1.46. The SMILES string of the molecule is CSc1c(C(F)(F)F)ccc(C(N)=O)c1-c1nnnn1C. The maximum Gasteiger partial charge on any atom is 0.417 e. The number of tetrazole rings is 1. The van der Waals surface area contributed by atoms with Gasteiger partial charge in [0.15, 0.2) is 5.82 Å². The molecule has 1 aromatic heterocycles. The molecule has 0 aliphatic heterocycles. The van der Waals surface area contributed by atoms with Crippen molar-refractivity contribution in [1.29, 1.82) is 0 Å². The predicted molar refractivity (Wildman–Crippen MR) is 69.5 cm³/mol. The number of carbonyl (C=O) groups excluding carboxylic acids is 1. The Balaban J connectivity index is 2.87. The molecule has 0 atom stereocenters. The van der Waals surface area contributed by atoms with Gasteiger partial charge in [0.2, 0.25) is 5.91 Å². The molecular formula is C11H10F3N5OS. The van der Waals surface area contributed by atoms with Crippen molar-refractivity contribution in [2.24, 2.45) is 12.8 Å². The van der Waals surface area contributed by atoms with E-state index in [1.54, 1.807) is 0 Å². The van der Waals surface area contributed by atoms with Crippen molar-refractivity contribution in [2.45, 2.75) is 11.1 Å². The lowest BCUT2D eigenvalue weighted by Gasteiger charge is -2.16. The molecule has 0 bridgehead atoms. The van der Waals surface area contributed by atoms with Gasteiger partial charge in [-0.25, -0.2) is 4.68 Å². The van der Waals surface area contributed by atoms with Gasteiger partial charge in [0.25, 0.3) is 0 Å². The summed E-state index contributed by atoms with van der Waals surface area (Å²) < 4.78 is 40.5. The normalized spacial score (nSPS) is 11.7. The number of aromatic nitrogens is 4. The van der Waals surface area contributed by atoms with Gasteiger partial charge in [-0.3, -0.25) is 4.79 Å². The maximum absolute atomic E-state index is 13.1. The fraction of sp³-hybridized carbons (Fsp3) is 0.273. The average Bonchev–Trinajstić information content (AvgIpc) is 2.81. The summed E-state index contributed by atoms with van der Waals surface area (Å²) in [5.41, 5.74) is 4.30. The molecule has 1 aromatic carbocycles. The van der Waals surface area contributed by atoms with Crippen LogP contribution in [0, 0.1) is 0 Å². The highest BCUT2D eigenvalue weighted by atomic mass is 32.2. The second-order valence-corrected chi connectivity index (χ2v) is 4.87. The van der Waals surface area contributed by atoms with Crippen molar-refractivity contribution in [3.63, 3.8) is 0 Å². The topological polar surface area (TPSA) is 86.7 Å². The van der Waals surface area contributed by atoms with E-state index >= 15 is 0 Å². The van der Waals surface area contributed by atoms with Crippen LogP contribution in [0.1, 0.15) is 15.9 Å². The first-order chi connectivity index (χ1) is 9.77. The van der Waals surface area contributed by atoms with E-state index in [4.69, 9.17) is 5.73 Å². The van der Waals surface area contributed by atoms with Crippen molar-refractivity contribution < 1.29 is 18.0 Å². The van der Waals surface area contributed by atoms with Crippen LogP contribution in [0.3, 0.4) is 0 Å². The number of alkyl halides is 3. The van der Waals surface area contributed by atoms with E-state index in [0.29, 0.717) is 0 Å². The Kier molecular flexibility index (Phi) is 3.90. The van der Waals surface area contributed by atoms with E-state index < -0.39 is 17.6 Å². The highest BCUT2D eigenvalue weighted by Crippen LogP contribution is 2.42. The lowest BCUT2D eigenvalue weighted by molar-refractivity contribution is -0.139. The van der Waals surface area contributed by atoms with Crippen molar-refractivity contribution >= 4 is 17.7 Å². The molecule has 10 heteroatoms. The third kappa shape index (κ3) is 2.71. The molecule has 2 rings (SSSR count). The minimum absolute atomic E-state index is 0.0164. The van der Waals surface area contributed by atoms with Gasteiger partial charge in [0.05, 0.1) is 11.1 Å². The molecule has 1 amide bonds. The molecule has 6 nitrogen and oxygen atoms in total. The number of hydrogen-bond acceptors (Lipinski definition) is 5. The minimum atomic E-state index is -4.56. The molecule has 0 saturated carbocycles. The van der Waals surface area contributed by atoms with E-state index in [0.717, 1.165) is 23.9 Å². The Morgan fingerprint density at radius 3 is 2.48 bits per heavy atom.